The zero-order valence-electron chi connectivity index (χ0n) is 14.9. The maximum absolute atomic E-state index is 13.0. The second-order valence-electron chi connectivity index (χ2n) is 7.51. The molecule has 3 aliphatic rings. The standard InChI is InChI=1S/C21H19N3O3/c1-23-10-13-9-15-14-4-2-3-5-16(14)22-19(15)20(24(13)21(23)25)12-6-7-17-18(8-12)27-11-26-17/h2-8,13,20,22H,9-11H2,1H3/t13-,20-/m0/s1. The highest BCUT2D eigenvalue weighted by Crippen LogP contribution is 2.45. The van der Waals surface area contributed by atoms with E-state index in [4.69, 9.17) is 9.47 Å². The molecule has 1 saturated heterocycles. The molecule has 0 spiro atoms. The highest BCUT2D eigenvalue weighted by molar-refractivity contribution is 5.87. The van der Waals surface area contributed by atoms with Crippen LogP contribution in [0.5, 0.6) is 11.5 Å². The summed E-state index contributed by atoms with van der Waals surface area (Å²) in [5.74, 6) is 1.50. The van der Waals surface area contributed by atoms with Crippen molar-refractivity contribution in [1.82, 2.24) is 14.8 Å². The molecule has 2 amide bonds. The van der Waals surface area contributed by atoms with E-state index < -0.39 is 0 Å². The molecule has 6 nitrogen and oxygen atoms in total. The summed E-state index contributed by atoms with van der Waals surface area (Å²) in [6.07, 6.45) is 0.872. The Bertz CT molecular complexity index is 1090. The number of likely N-dealkylation sites (N-methyl/N-ethyl adjacent to an activating group) is 1. The molecule has 136 valence electrons. The highest BCUT2D eigenvalue weighted by Gasteiger charge is 2.46. The van der Waals surface area contributed by atoms with Crippen molar-refractivity contribution in [2.45, 2.75) is 18.5 Å². The van der Waals surface area contributed by atoms with E-state index in [-0.39, 0.29) is 24.9 Å². The number of aromatic nitrogens is 1. The van der Waals surface area contributed by atoms with E-state index in [1.165, 1.54) is 10.9 Å². The van der Waals surface area contributed by atoms with Gasteiger partial charge in [-0.15, -0.1) is 0 Å². The summed E-state index contributed by atoms with van der Waals surface area (Å²) < 4.78 is 11.1. The zero-order valence-corrected chi connectivity index (χ0v) is 14.9. The molecule has 6 heteroatoms. The van der Waals surface area contributed by atoms with E-state index in [1.807, 2.05) is 41.1 Å². The summed E-state index contributed by atoms with van der Waals surface area (Å²) in [5.41, 5.74) is 4.59. The highest BCUT2D eigenvalue weighted by atomic mass is 16.7. The van der Waals surface area contributed by atoms with Crippen LogP contribution >= 0.6 is 0 Å². The summed E-state index contributed by atoms with van der Waals surface area (Å²) >= 11 is 0. The lowest BCUT2D eigenvalue weighted by Gasteiger charge is -2.37. The Hall–Kier alpha value is -3.15. The molecular weight excluding hydrogens is 342 g/mol. The molecule has 1 fully saturated rings. The molecule has 2 aromatic carbocycles. The number of rotatable bonds is 1. The maximum Gasteiger partial charge on any atom is 0.320 e. The Labute approximate surface area is 156 Å². The van der Waals surface area contributed by atoms with Crippen LogP contribution in [0, 0.1) is 0 Å². The molecule has 2 atom stereocenters. The van der Waals surface area contributed by atoms with Gasteiger partial charge in [0.15, 0.2) is 11.5 Å². The molecule has 4 heterocycles. The first-order valence-corrected chi connectivity index (χ1v) is 9.23. The van der Waals surface area contributed by atoms with Gasteiger partial charge in [-0.3, -0.25) is 0 Å². The SMILES string of the molecule is CN1C[C@@H]2Cc3c([nH]c4ccccc34)[C@H](c3ccc4c(c3)OCO4)N2C1=O. The van der Waals surface area contributed by atoms with Crippen molar-refractivity contribution in [3.63, 3.8) is 0 Å². The van der Waals surface area contributed by atoms with Crippen LogP contribution in [-0.4, -0.2) is 47.2 Å². The number of ether oxygens (including phenoxy) is 2. The van der Waals surface area contributed by atoms with Crippen LogP contribution in [0.1, 0.15) is 22.9 Å². The number of fused-ring (bicyclic) bond motifs is 5. The van der Waals surface area contributed by atoms with Crippen molar-refractivity contribution in [3.05, 3.63) is 59.3 Å². The number of benzene rings is 2. The maximum atomic E-state index is 13.0. The monoisotopic (exact) mass is 361 g/mol. The lowest BCUT2D eigenvalue weighted by atomic mass is 9.89. The minimum Gasteiger partial charge on any atom is -0.454 e. The number of hydrogen-bond donors (Lipinski definition) is 1. The van der Waals surface area contributed by atoms with Gasteiger partial charge < -0.3 is 24.3 Å². The third-order valence-corrected chi connectivity index (χ3v) is 5.98. The Kier molecular flexibility index (Phi) is 2.88. The number of H-pyrrole nitrogens is 1. The van der Waals surface area contributed by atoms with Crippen LogP contribution < -0.4 is 9.47 Å². The van der Waals surface area contributed by atoms with Gasteiger partial charge in [0, 0.05) is 30.2 Å². The number of carbonyl (C=O) groups is 1. The molecule has 27 heavy (non-hydrogen) atoms. The van der Waals surface area contributed by atoms with Gasteiger partial charge in [-0.1, -0.05) is 24.3 Å². The Morgan fingerprint density at radius 3 is 2.89 bits per heavy atom. The Morgan fingerprint density at radius 2 is 1.96 bits per heavy atom. The quantitative estimate of drug-likeness (QED) is 0.724. The number of nitrogens with zero attached hydrogens (tertiary/aromatic N) is 2. The average Bonchev–Trinajstić information content (AvgIpc) is 3.36. The number of aromatic amines is 1. The van der Waals surface area contributed by atoms with E-state index in [1.54, 1.807) is 0 Å². The summed E-state index contributed by atoms with van der Waals surface area (Å²) in [5, 5.41) is 1.25. The number of urea groups is 1. The van der Waals surface area contributed by atoms with Gasteiger partial charge in [0.1, 0.15) is 0 Å². The van der Waals surface area contributed by atoms with Crippen molar-refractivity contribution < 1.29 is 14.3 Å². The van der Waals surface area contributed by atoms with Crippen molar-refractivity contribution >= 4 is 16.9 Å². The molecular formula is C21H19N3O3. The molecule has 1 N–H and O–H groups in total. The minimum atomic E-state index is -0.155. The Morgan fingerprint density at radius 1 is 1.11 bits per heavy atom. The van der Waals surface area contributed by atoms with Gasteiger partial charge in [0.05, 0.1) is 12.1 Å². The molecule has 0 bridgehead atoms. The first-order valence-electron chi connectivity index (χ1n) is 9.23. The van der Waals surface area contributed by atoms with Crippen LogP contribution in [0.3, 0.4) is 0 Å². The van der Waals surface area contributed by atoms with Gasteiger partial charge in [0.25, 0.3) is 0 Å². The van der Waals surface area contributed by atoms with Crippen LogP contribution in [0.2, 0.25) is 0 Å². The number of hydrogen-bond acceptors (Lipinski definition) is 3. The fraction of sp³-hybridized carbons (Fsp3) is 0.286. The largest absolute Gasteiger partial charge is 0.454 e. The summed E-state index contributed by atoms with van der Waals surface area (Å²) in [6, 6.07) is 14.5. The van der Waals surface area contributed by atoms with Gasteiger partial charge in [-0.25, -0.2) is 4.79 Å². The topological polar surface area (TPSA) is 57.8 Å². The molecule has 3 aliphatic heterocycles. The van der Waals surface area contributed by atoms with Crippen LogP contribution in [-0.2, 0) is 6.42 Å². The van der Waals surface area contributed by atoms with Crippen LogP contribution in [0.15, 0.2) is 42.5 Å². The number of para-hydroxylation sites is 1. The molecule has 0 unspecified atom stereocenters. The lowest BCUT2D eigenvalue weighted by Crippen LogP contribution is -2.43. The zero-order chi connectivity index (χ0) is 18.1. The molecule has 0 radical (unpaired) electrons. The van der Waals surface area contributed by atoms with E-state index >= 15 is 0 Å². The predicted molar refractivity (Wildman–Crippen MR) is 100 cm³/mol. The van der Waals surface area contributed by atoms with Crippen molar-refractivity contribution in [2.75, 3.05) is 20.4 Å². The van der Waals surface area contributed by atoms with E-state index in [0.717, 1.165) is 41.2 Å². The smallest absolute Gasteiger partial charge is 0.320 e. The van der Waals surface area contributed by atoms with Gasteiger partial charge in [0.2, 0.25) is 6.79 Å². The third kappa shape index (κ3) is 1.98. The van der Waals surface area contributed by atoms with E-state index in [2.05, 4.69) is 23.2 Å². The molecule has 1 aromatic heterocycles. The summed E-state index contributed by atoms with van der Waals surface area (Å²) in [4.78, 5) is 20.4. The number of amides is 2. The van der Waals surface area contributed by atoms with Gasteiger partial charge >= 0.3 is 6.03 Å². The van der Waals surface area contributed by atoms with Crippen molar-refractivity contribution in [2.24, 2.45) is 0 Å². The minimum absolute atomic E-state index is 0.0759. The van der Waals surface area contributed by atoms with Gasteiger partial charge in [-0.2, -0.15) is 0 Å². The molecule has 3 aromatic rings. The first kappa shape index (κ1) is 15.0. The molecule has 0 saturated carbocycles. The van der Waals surface area contributed by atoms with E-state index in [9.17, 15) is 4.79 Å². The van der Waals surface area contributed by atoms with E-state index in [0.29, 0.717) is 0 Å². The van der Waals surface area contributed by atoms with Crippen molar-refractivity contribution in [1.29, 1.82) is 0 Å². The number of nitrogens with one attached hydrogen (secondary N) is 1. The second-order valence-corrected chi connectivity index (χ2v) is 7.51. The fourth-order valence-corrected chi connectivity index (χ4v) is 4.78. The Balaban J connectivity index is 1.58. The average molecular weight is 361 g/mol. The predicted octanol–water partition coefficient (Wildman–Crippen LogP) is 3.28. The number of carbonyl (C=O) groups excluding carboxylic acids is 1. The van der Waals surface area contributed by atoms with Gasteiger partial charge in [-0.05, 0) is 35.7 Å². The summed E-state index contributed by atoms with van der Waals surface area (Å²) in [7, 11) is 1.88. The normalized spacial score (nSPS) is 23.1. The first-order chi connectivity index (χ1) is 13.2. The third-order valence-electron chi connectivity index (χ3n) is 5.98. The van der Waals surface area contributed by atoms with Crippen molar-refractivity contribution in [3.8, 4) is 11.5 Å². The van der Waals surface area contributed by atoms with Crippen LogP contribution in [0.25, 0.3) is 10.9 Å². The fourth-order valence-electron chi connectivity index (χ4n) is 4.78. The molecule has 0 aliphatic carbocycles. The lowest BCUT2D eigenvalue weighted by molar-refractivity contribution is 0.170. The second kappa shape index (κ2) is 5.19. The van der Waals surface area contributed by atoms with Crippen LogP contribution in [0.4, 0.5) is 4.79 Å². The summed E-state index contributed by atoms with van der Waals surface area (Å²) in [6.45, 7) is 0.994. The molecule has 6 rings (SSSR count).